The summed E-state index contributed by atoms with van der Waals surface area (Å²) < 4.78 is 0. The van der Waals surface area contributed by atoms with E-state index in [0.717, 1.165) is 5.56 Å². The van der Waals surface area contributed by atoms with Crippen molar-refractivity contribution in [3.8, 4) is 0 Å². The van der Waals surface area contributed by atoms with Gasteiger partial charge in [-0.15, -0.1) is 11.8 Å². The quantitative estimate of drug-likeness (QED) is 0.720. The zero-order valence-electron chi connectivity index (χ0n) is 7.95. The molecule has 0 aromatic heterocycles. The summed E-state index contributed by atoms with van der Waals surface area (Å²) in [4.78, 5) is 1.22. The number of benzene rings is 1. The molecule has 2 N–H and O–H groups in total. The molecule has 0 aliphatic heterocycles. The summed E-state index contributed by atoms with van der Waals surface area (Å²) in [5, 5.41) is 12.6. The highest BCUT2D eigenvalue weighted by atomic mass is 32.2. The monoisotopic (exact) mass is 197 g/mol. The first-order valence-electron chi connectivity index (χ1n) is 4.24. The van der Waals surface area contributed by atoms with Gasteiger partial charge in [-0.05, 0) is 31.0 Å². The van der Waals surface area contributed by atoms with Gasteiger partial charge in [0.05, 0.1) is 6.10 Å². The lowest BCUT2D eigenvalue weighted by Crippen LogP contribution is -2.16. The number of nitrogens with one attached hydrogen (secondary N) is 1. The third-order valence-corrected chi connectivity index (χ3v) is 2.64. The summed E-state index contributed by atoms with van der Waals surface area (Å²) in [5.41, 5.74) is 0.965. The normalized spacial score (nSPS) is 12.8. The molecule has 1 aromatic carbocycles. The van der Waals surface area contributed by atoms with Gasteiger partial charge in [-0.25, -0.2) is 0 Å². The molecular weight excluding hydrogens is 182 g/mol. The maximum Gasteiger partial charge on any atom is 0.0914 e. The molecule has 0 spiro atoms. The molecule has 0 heterocycles. The summed E-state index contributed by atoms with van der Waals surface area (Å²) in [6.45, 7) is 0.596. The molecule has 0 bridgehead atoms. The average molecular weight is 197 g/mol. The van der Waals surface area contributed by atoms with Gasteiger partial charge in [0.25, 0.3) is 0 Å². The minimum atomic E-state index is -0.402. The van der Waals surface area contributed by atoms with E-state index in [1.807, 2.05) is 37.6 Å². The Morgan fingerprint density at radius 2 is 2.00 bits per heavy atom. The van der Waals surface area contributed by atoms with Gasteiger partial charge in [0.2, 0.25) is 0 Å². The molecule has 0 amide bonds. The lowest BCUT2D eigenvalue weighted by atomic mass is 10.1. The van der Waals surface area contributed by atoms with Crippen LogP contribution >= 0.6 is 11.8 Å². The molecule has 1 rings (SSSR count). The molecule has 0 saturated carbocycles. The highest BCUT2D eigenvalue weighted by Crippen LogP contribution is 2.18. The molecule has 13 heavy (non-hydrogen) atoms. The summed E-state index contributed by atoms with van der Waals surface area (Å²) in [5.74, 6) is 0. The molecule has 0 aliphatic carbocycles. The van der Waals surface area contributed by atoms with Crippen molar-refractivity contribution in [3.05, 3.63) is 29.8 Å². The van der Waals surface area contributed by atoms with Crippen LogP contribution in [0.1, 0.15) is 11.7 Å². The zero-order valence-corrected chi connectivity index (χ0v) is 8.77. The van der Waals surface area contributed by atoms with Crippen LogP contribution in [0.15, 0.2) is 29.2 Å². The first-order valence-corrected chi connectivity index (χ1v) is 5.47. The van der Waals surface area contributed by atoms with E-state index < -0.39 is 6.10 Å². The second-order valence-corrected chi connectivity index (χ2v) is 3.73. The Morgan fingerprint density at radius 1 is 1.38 bits per heavy atom. The second-order valence-electron chi connectivity index (χ2n) is 2.85. The van der Waals surface area contributed by atoms with Gasteiger partial charge in [0, 0.05) is 11.4 Å². The second kappa shape index (κ2) is 5.27. The fraction of sp³-hybridized carbons (Fsp3) is 0.400. The number of aliphatic hydroxyl groups is 1. The Morgan fingerprint density at radius 3 is 2.46 bits per heavy atom. The molecular formula is C10H15NOS. The van der Waals surface area contributed by atoms with E-state index in [2.05, 4.69) is 5.32 Å². The topological polar surface area (TPSA) is 32.3 Å². The predicted molar refractivity (Wildman–Crippen MR) is 57.1 cm³/mol. The maximum absolute atomic E-state index is 9.61. The largest absolute Gasteiger partial charge is 0.387 e. The number of hydrogen-bond acceptors (Lipinski definition) is 3. The average Bonchev–Trinajstić information content (AvgIpc) is 2.18. The summed E-state index contributed by atoms with van der Waals surface area (Å²) >= 11 is 1.71. The highest BCUT2D eigenvalue weighted by Gasteiger charge is 2.04. The van der Waals surface area contributed by atoms with Crippen molar-refractivity contribution in [2.24, 2.45) is 0 Å². The smallest absolute Gasteiger partial charge is 0.0914 e. The van der Waals surface area contributed by atoms with E-state index >= 15 is 0 Å². The van der Waals surface area contributed by atoms with Crippen LogP contribution in [0.4, 0.5) is 0 Å². The third-order valence-electron chi connectivity index (χ3n) is 1.90. The Labute approximate surface area is 83.4 Å². The molecule has 0 radical (unpaired) electrons. The van der Waals surface area contributed by atoms with Crippen LogP contribution in [0.25, 0.3) is 0 Å². The molecule has 3 heteroatoms. The molecule has 1 aromatic rings. The number of aliphatic hydroxyl groups excluding tert-OH is 1. The van der Waals surface area contributed by atoms with E-state index in [-0.39, 0.29) is 0 Å². The van der Waals surface area contributed by atoms with E-state index in [9.17, 15) is 5.11 Å². The fourth-order valence-corrected chi connectivity index (χ4v) is 1.55. The highest BCUT2D eigenvalue weighted by molar-refractivity contribution is 7.98. The van der Waals surface area contributed by atoms with Crippen LogP contribution in [-0.2, 0) is 0 Å². The van der Waals surface area contributed by atoms with Crippen molar-refractivity contribution >= 4 is 11.8 Å². The molecule has 72 valence electrons. The van der Waals surface area contributed by atoms with Gasteiger partial charge in [0.15, 0.2) is 0 Å². The number of thioether (sulfide) groups is 1. The maximum atomic E-state index is 9.61. The van der Waals surface area contributed by atoms with Crippen molar-refractivity contribution in [2.75, 3.05) is 19.8 Å². The lowest BCUT2D eigenvalue weighted by molar-refractivity contribution is 0.177. The van der Waals surface area contributed by atoms with Crippen LogP contribution in [0.5, 0.6) is 0 Å². The van der Waals surface area contributed by atoms with Crippen LogP contribution < -0.4 is 5.32 Å². The van der Waals surface area contributed by atoms with Gasteiger partial charge < -0.3 is 10.4 Å². The van der Waals surface area contributed by atoms with Crippen molar-refractivity contribution in [1.82, 2.24) is 5.32 Å². The van der Waals surface area contributed by atoms with Crippen molar-refractivity contribution in [1.29, 1.82) is 0 Å². The van der Waals surface area contributed by atoms with Gasteiger partial charge in [-0.3, -0.25) is 0 Å². The minimum Gasteiger partial charge on any atom is -0.387 e. The first kappa shape index (κ1) is 10.6. The zero-order chi connectivity index (χ0) is 9.68. The van der Waals surface area contributed by atoms with Gasteiger partial charge >= 0.3 is 0 Å². The Hall–Kier alpha value is -0.510. The molecule has 0 saturated heterocycles. The van der Waals surface area contributed by atoms with Crippen molar-refractivity contribution in [3.63, 3.8) is 0 Å². The minimum absolute atomic E-state index is 0.402. The fourth-order valence-electron chi connectivity index (χ4n) is 1.14. The Kier molecular flexibility index (Phi) is 4.28. The van der Waals surface area contributed by atoms with Crippen LogP contribution in [0.2, 0.25) is 0 Å². The Balaban J connectivity index is 2.67. The van der Waals surface area contributed by atoms with Crippen LogP contribution in [0.3, 0.4) is 0 Å². The van der Waals surface area contributed by atoms with Gasteiger partial charge in [0.1, 0.15) is 0 Å². The first-order chi connectivity index (χ1) is 6.27. The number of hydrogen-bond donors (Lipinski definition) is 2. The van der Waals surface area contributed by atoms with Gasteiger partial charge in [-0.1, -0.05) is 12.1 Å². The van der Waals surface area contributed by atoms with E-state index in [1.54, 1.807) is 11.8 Å². The predicted octanol–water partition coefficient (Wildman–Crippen LogP) is 1.66. The molecule has 0 aliphatic rings. The number of likely N-dealkylation sites (N-methyl/N-ethyl adjacent to an activating group) is 1. The van der Waals surface area contributed by atoms with Crippen LogP contribution in [-0.4, -0.2) is 25.0 Å². The summed E-state index contributed by atoms with van der Waals surface area (Å²) in [6, 6.07) is 7.99. The van der Waals surface area contributed by atoms with E-state index in [4.69, 9.17) is 0 Å². The summed E-state index contributed by atoms with van der Waals surface area (Å²) in [6.07, 6.45) is 1.64. The summed E-state index contributed by atoms with van der Waals surface area (Å²) in [7, 11) is 1.83. The molecule has 1 unspecified atom stereocenters. The molecule has 1 atom stereocenters. The van der Waals surface area contributed by atoms with Gasteiger partial charge in [-0.2, -0.15) is 0 Å². The molecule has 2 nitrogen and oxygen atoms in total. The van der Waals surface area contributed by atoms with Crippen molar-refractivity contribution in [2.45, 2.75) is 11.0 Å². The third kappa shape index (κ3) is 3.03. The lowest BCUT2D eigenvalue weighted by Gasteiger charge is -2.10. The Bertz CT molecular complexity index is 248. The SMILES string of the molecule is CNCC(O)c1ccc(SC)cc1. The van der Waals surface area contributed by atoms with E-state index in [0.29, 0.717) is 6.54 Å². The van der Waals surface area contributed by atoms with Crippen molar-refractivity contribution < 1.29 is 5.11 Å². The van der Waals surface area contributed by atoms with Crippen LogP contribution in [0, 0.1) is 0 Å². The molecule has 0 fully saturated rings. The number of rotatable bonds is 4. The van der Waals surface area contributed by atoms with E-state index in [1.165, 1.54) is 4.90 Å². The standard InChI is InChI=1S/C10H15NOS/c1-11-7-10(12)8-3-5-9(13-2)6-4-8/h3-6,10-12H,7H2,1-2H3.